The predicted molar refractivity (Wildman–Crippen MR) is 81.0 cm³/mol. The number of hydrogen-bond acceptors (Lipinski definition) is 3. The molecule has 0 saturated heterocycles. The predicted octanol–water partition coefficient (Wildman–Crippen LogP) is 3.70. The molecule has 1 aromatic rings. The molecule has 1 aliphatic rings. The highest BCUT2D eigenvalue weighted by molar-refractivity contribution is 8.00. The summed E-state index contributed by atoms with van der Waals surface area (Å²) in [6.07, 6.45) is 5.14. The van der Waals surface area contributed by atoms with Gasteiger partial charge in [-0.1, -0.05) is 25.0 Å². The van der Waals surface area contributed by atoms with E-state index in [1.165, 1.54) is 25.7 Å². The minimum atomic E-state index is 0.0593. The Labute approximate surface area is 119 Å². The molecule has 1 aliphatic carbocycles. The average Bonchev–Trinajstić information content (AvgIpc) is 2.92. The SMILES string of the molecule is CCOc1ccccc1NC(=O)CSC1CCCC1. The highest BCUT2D eigenvalue weighted by atomic mass is 32.2. The van der Waals surface area contributed by atoms with Crippen LogP contribution in [0.5, 0.6) is 5.75 Å². The van der Waals surface area contributed by atoms with Crippen molar-refractivity contribution in [2.24, 2.45) is 0 Å². The van der Waals surface area contributed by atoms with Crippen LogP contribution in [0.25, 0.3) is 0 Å². The van der Waals surface area contributed by atoms with Gasteiger partial charge in [-0.05, 0) is 31.9 Å². The maximum absolute atomic E-state index is 11.9. The number of rotatable bonds is 6. The van der Waals surface area contributed by atoms with Gasteiger partial charge in [-0.25, -0.2) is 0 Å². The first-order valence-electron chi connectivity index (χ1n) is 6.93. The zero-order chi connectivity index (χ0) is 13.5. The van der Waals surface area contributed by atoms with Crippen LogP contribution >= 0.6 is 11.8 Å². The van der Waals surface area contributed by atoms with Gasteiger partial charge in [0.05, 0.1) is 18.0 Å². The van der Waals surface area contributed by atoms with E-state index < -0.39 is 0 Å². The van der Waals surface area contributed by atoms with Crippen LogP contribution in [0, 0.1) is 0 Å². The fourth-order valence-electron chi connectivity index (χ4n) is 2.29. The second-order valence-electron chi connectivity index (χ2n) is 4.69. The molecule has 2 rings (SSSR count). The van der Waals surface area contributed by atoms with Crippen molar-refractivity contribution in [1.29, 1.82) is 0 Å². The average molecular weight is 279 g/mol. The molecule has 1 aromatic carbocycles. The van der Waals surface area contributed by atoms with Crippen molar-refractivity contribution >= 4 is 23.4 Å². The Hall–Kier alpha value is -1.16. The second-order valence-corrected chi connectivity index (χ2v) is 5.98. The number of carbonyl (C=O) groups is 1. The van der Waals surface area contributed by atoms with Crippen LogP contribution in [-0.4, -0.2) is 23.5 Å². The molecule has 0 unspecified atom stereocenters. The molecule has 4 heteroatoms. The van der Waals surface area contributed by atoms with E-state index >= 15 is 0 Å². The van der Waals surface area contributed by atoms with Crippen LogP contribution in [-0.2, 0) is 4.79 Å². The van der Waals surface area contributed by atoms with E-state index in [1.807, 2.05) is 31.2 Å². The van der Waals surface area contributed by atoms with Crippen LogP contribution in [0.15, 0.2) is 24.3 Å². The highest BCUT2D eigenvalue weighted by Crippen LogP contribution is 2.30. The van der Waals surface area contributed by atoms with Crippen molar-refractivity contribution in [3.05, 3.63) is 24.3 Å². The number of thioether (sulfide) groups is 1. The molecular weight excluding hydrogens is 258 g/mol. The number of nitrogens with one attached hydrogen (secondary N) is 1. The number of anilines is 1. The Bertz CT molecular complexity index is 416. The number of carbonyl (C=O) groups excluding carboxylic acids is 1. The van der Waals surface area contributed by atoms with Crippen molar-refractivity contribution in [2.75, 3.05) is 17.7 Å². The van der Waals surface area contributed by atoms with Crippen molar-refractivity contribution in [1.82, 2.24) is 0 Å². The zero-order valence-corrected chi connectivity index (χ0v) is 12.2. The van der Waals surface area contributed by atoms with Crippen LogP contribution in [0.3, 0.4) is 0 Å². The topological polar surface area (TPSA) is 38.3 Å². The third-order valence-corrected chi connectivity index (χ3v) is 4.58. The number of para-hydroxylation sites is 2. The summed E-state index contributed by atoms with van der Waals surface area (Å²) >= 11 is 1.78. The summed E-state index contributed by atoms with van der Waals surface area (Å²) in [5.74, 6) is 1.33. The minimum absolute atomic E-state index is 0.0593. The molecule has 1 fully saturated rings. The van der Waals surface area contributed by atoms with Gasteiger partial charge in [0.2, 0.25) is 5.91 Å². The second kappa shape index (κ2) is 7.43. The summed E-state index contributed by atoms with van der Waals surface area (Å²) in [5.41, 5.74) is 0.765. The van der Waals surface area contributed by atoms with Crippen LogP contribution in [0.1, 0.15) is 32.6 Å². The largest absolute Gasteiger partial charge is 0.492 e. The van der Waals surface area contributed by atoms with Crippen molar-refractivity contribution in [3.8, 4) is 5.75 Å². The molecule has 1 saturated carbocycles. The molecule has 0 atom stereocenters. The van der Waals surface area contributed by atoms with E-state index in [2.05, 4.69) is 5.32 Å². The number of benzene rings is 1. The lowest BCUT2D eigenvalue weighted by Gasteiger charge is -2.12. The van der Waals surface area contributed by atoms with Gasteiger partial charge in [0.25, 0.3) is 0 Å². The Morgan fingerprint density at radius 2 is 2.11 bits per heavy atom. The minimum Gasteiger partial charge on any atom is -0.492 e. The molecule has 19 heavy (non-hydrogen) atoms. The van der Waals surface area contributed by atoms with Crippen molar-refractivity contribution in [3.63, 3.8) is 0 Å². The first-order valence-corrected chi connectivity index (χ1v) is 7.97. The van der Waals surface area contributed by atoms with Gasteiger partial charge in [-0.15, -0.1) is 11.8 Å². The molecule has 0 heterocycles. The van der Waals surface area contributed by atoms with Crippen LogP contribution in [0.4, 0.5) is 5.69 Å². The van der Waals surface area contributed by atoms with E-state index in [0.29, 0.717) is 17.6 Å². The Morgan fingerprint density at radius 1 is 1.37 bits per heavy atom. The quantitative estimate of drug-likeness (QED) is 0.863. The molecule has 0 aliphatic heterocycles. The smallest absolute Gasteiger partial charge is 0.234 e. The number of amides is 1. The fraction of sp³-hybridized carbons (Fsp3) is 0.533. The Morgan fingerprint density at radius 3 is 2.84 bits per heavy atom. The Balaban J connectivity index is 1.83. The summed E-state index contributed by atoms with van der Waals surface area (Å²) in [6, 6.07) is 7.57. The third-order valence-electron chi connectivity index (χ3n) is 3.21. The molecule has 3 nitrogen and oxygen atoms in total. The lowest BCUT2D eigenvalue weighted by atomic mass is 10.3. The van der Waals surface area contributed by atoms with Gasteiger partial charge in [0.15, 0.2) is 0 Å². The number of ether oxygens (including phenoxy) is 1. The maximum Gasteiger partial charge on any atom is 0.234 e. The maximum atomic E-state index is 11.9. The molecule has 0 aromatic heterocycles. The first kappa shape index (κ1) is 14.3. The summed E-state index contributed by atoms with van der Waals surface area (Å²) in [5, 5.41) is 3.61. The van der Waals surface area contributed by atoms with Crippen LogP contribution in [0.2, 0.25) is 0 Å². The molecule has 1 amide bonds. The summed E-state index contributed by atoms with van der Waals surface area (Å²) < 4.78 is 5.49. The van der Waals surface area contributed by atoms with E-state index in [0.717, 1.165) is 11.4 Å². The molecule has 104 valence electrons. The zero-order valence-electron chi connectivity index (χ0n) is 11.4. The van der Waals surface area contributed by atoms with Crippen molar-refractivity contribution in [2.45, 2.75) is 37.9 Å². The van der Waals surface area contributed by atoms with Gasteiger partial charge in [-0.2, -0.15) is 0 Å². The van der Waals surface area contributed by atoms with Gasteiger partial charge in [0.1, 0.15) is 5.75 Å². The van der Waals surface area contributed by atoms with Crippen LogP contribution < -0.4 is 10.1 Å². The van der Waals surface area contributed by atoms with Crippen molar-refractivity contribution < 1.29 is 9.53 Å². The highest BCUT2D eigenvalue weighted by Gasteiger charge is 2.17. The monoisotopic (exact) mass is 279 g/mol. The van der Waals surface area contributed by atoms with E-state index in [9.17, 15) is 4.79 Å². The summed E-state index contributed by atoms with van der Waals surface area (Å²) in [7, 11) is 0. The molecule has 0 spiro atoms. The summed E-state index contributed by atoms with van der Waals surface area (Å²) in [4.78, 5) is 11.9. The third kappa shape index (κ3) is 4.46. The molecular formula is C15H21NO2S. The van der Waals surface area contributed by atoms with E-state index in [1.54, 1.807) is 11.8 Å². The first-order chi connectivity index (χ1) is 9.29. The van der Waals surface area contributed by atoms with Gasteiger partial charge in [-0.3, -0.25) is 4.79 Å². The van der Waals surface area contributed by atoms with Gasteiger partial charge < -0.3 is 10.1 Å². The van der Waals surface area contributed by atoms with E-state index in [4.69, 9.17) is 4.74 Å². The van der Waals surface area contributed by atoms with Gasteiger partial charge >= 0.3 is 0 Å². The van der Waals surface area contributed by atoms with Gasteiger partial charge in [0, 0.05) is 5.25 Å². The molecule has 0 radical (unpaired) electrons. The summed E-state index contributed by atoms with van der Waals surface area (Å²) in [6.45, 7) is 2.54. The Kier molecular flexibility index (Phi) is 5.58. The van der Waals surface area contributed by atoms with E-state index in [-0.39, 0.29) is 5.91 Å². The fourth-order valence-corrected chi connectivity index (χ4v) is 3.41. The lowest BCUT2D eigenvalue weighted by Crippen LogP contribution is -2.16. The molecule has 1 N–H and O–H groups in total. The lowest BCUT2D eigenvalue weighted by molar-refractivity contribution is -0.113. The standard InChI is InChI=1S/C15H21NO2S/c1-2-18-14-10-6-5-9-13(14)16-15(17)11-19-12-7-3-4-8-12/h5-6,9-10,12H,2-4,7-8,11H2,1H3,(H,16,17). The molecule has 0 bridgehead atoms. The number of hydrogen-bond donors (Lipinski definition) is 1. The normalized spacial score (nSPS) is 15.4.